The van der Waals surface area contributed by atoms with Gasteiger partial charge in [0.25, 0.3) is 5.91 Å². The highest BCUT2D eigenvalue weighted by Gasteiger charge is 2.32. The van der Waals surface area contributed by atoms with Gasteiger partial charge in [-0.25, -0.2) is 4.98 Å². The smallest absolute Gasteiger partial charge is 0.274 e. The molecular formula is C23H32N4O3. The third-order valence-corrected chi connectivity index (χ3v) is 5.82. The van der Waals surface area contributed by atoms with Crippen molar-refractivity contribution in [3.63, 3.8) is 0 Å². The van der Waals surface area contributed by atoms with Crippen molar-refractivity contribution in [3.05, 3.63) is 60.6 Å². The van der Waals surface area contributed by atoms with Crippen molar-refractivity contribution in [1.82, 2.24) is 19.6 Å². The van der Waals surface area contributed by atoms with Gasteiger partial charge in [-0.1, -0.05) is 18.2 Å². The van der Waals surface area contributed by atoms with E-state index in [9.17, 15) is 9.90 Å². The molecule has 3 heterocycles. The lowest BCUT2D eigenvalue weighted by molar-refractivity contribution is 0.0120. The number of fused-ring (bicyclic) bond motifs is 1. The number of hydrogen-bond donors (Lipinski definition) is 2. The highest BCUT2D eigenvalue weighted by molar-refractivity contribution is 5.94. The van der Waals surface area contributed by atoms with E-state index < -0.39 is 5.60 Å². The number of ether oxygens (including phenoxy) is 1. The fraction of sp³-hybridized carbons (Fsp3) is 0.478. The van der Waals surface area contributed by atoms with E-state index in [1.807, 2.05) is 36.6 Å². The van der Waals surface area contributed by atoms with E-state index in [4.69, 9.17) is 9.72 Å². The van der Waals surface area contributed by atoms with Crippen LogP contribution < -0.4 is 5.32 Å². The molecule has 2 aromatic rings. The van der Waals surface area contributed by atoms with Crippen LogP contribution in [0.25, 0.3) is 5.65 Å². The minimum absolute atomic E-state index is 0.0849. The third-order valence-electron chi connectivity index (χ3n) is 5.82. The van der Waals surface area contributed by atoms with Gasteiger partial charge >= 0.3 is 0 Å². The van der Waals surface area contributed by atoms with Crippen molar-refractivity contribution in [1.29, 1.82) is 0 Å². The maximum absolute atomic E-state index is 13.2. The van der Waals surface area contributed by atoms with E-state index >= 15 is 0 Å². The molecule has 1 aliphatic heterocycles. The summed E-state index contributed by atoms with van der Waals surface area (Å²) in [6.07, 6.45) is 6.24. The highest BCUT2D eigenvalue weighted by Crippen LogP contribution is 2.23. The number of hydrogen-bond acceptors (Lipinski definition) is 5. The molecule has 1 unspecified atom stereocenters. The average Bonchev–Trinajstić information content (AvgIpc) is 3.12. The molecule has 1 saturated heterocycles. The lowest BCUT2D eigenvalue weighted by Crippen LogP contribution is -2.48. The minimum atomic E-state index is -0.992. The maximum atomic E-state index is 13.2. The van der Waals surface area contributed by atoms with E-state index in [1.165, 1.54) is 0 Å². The van der Waals surface area contributed by atoms with E-state index in [0.29, 0.717) is 51.4 Å². The molecule has 162 valence electrons. The van der Waals surface area contributed by atoms with E-state index in [2.05, 4.69) is 18.5 Å². The summed E-state index contributed by atoms with van der Waals surface area (Å²) in [5.74, 6) is -0.0849. The van der Waals surface area contributed by atoms with Crippen molar-refractivity contribution < 1.29 is 14.6 Å². The van der Waals surface area contributed by atoms with Crippen LogP contribution >= 0.6 is 0 Å². The van der Waals surface area contributed by atoms with Gasteiger partial charge in [-0.15, -0.1) is 13.2 Å². The van der Waals surface area contributed by atoms with E-state index in [0.717, 1.165) is 16.9 Å². The molecule has 0 aliphatic carbocycles. The van der Waals surface area contributed by atoms with Crippen LogP contribution in [0.15, 0.2) is 43.6 Å². The second kappa shape index (κ2) is 9.55. The monoisotopic (exact) mass is 412 g/mol. The predicted molar refractivity (Wildman–Crippen MR) is 118 cm³/mol. The summed E-state index contributed by atoms with van der Waals surface area (Å²) in [5, 5.41) is 14.4. The second-order valence-corrected chi connectivity index (χ2v) is 7.89. The Kier molecular flexibility index (Phi) is 7.07. The van der Waals surface area contributed by atoms with Gasteiger partial charge in [0, 0.05) is 31.9 Å². The summed E-state index contributed by atoms with van der Waals surface area (Å²) in [5.41, 5.74) is 2.01. The van der Waals surface area contributed by atoms with Crippen molar-refractivity contribution in [3.8, 4) is 0 Å². The molecule has 2 aromatic heterocycles. The number of carbonyl (C=O) groups is 1. The zero-order chi connectivity index (χ0) is 21.7. The molecular weight excluding hydrogens is 380 g/mol. The van der Waals surface area contributed by atoms with Gasteiger partial charge in [0.1, 0.15) is 5.65 Å². The standard InChI is InChI=1S/C23H32N4O3/c1-5-9-23(29,10-6-2)18(4)24-16-19-20(22(28)26-12-14-30-15-13-26)25-21-17(3)8-7-11-27(19)21/h5-8,11,18,24,29H,1-2,9-10,12-16H2,3-4H3. The number of morpholine rings is 1. The lowest BCUT2D eigenvalue weighted by Gasteiger charge is -2.33. The Morgan fingerprint density at radius 3 is 2.67 bits per heavy atom. The van der Waals surface area contributed by atoms with Gasteiger partial charge in [-0.3, -0.25) is 4.79 Å². The van der Waals surface area contributed by atoms with Gasteiger partial charge in [-0.2, -0.15) is 0 Å². The Morgan fingerprint density at radius 2 is 2.03 bits per heavy atom. The Balaban J connectivity index is 1.91. The fourth-order valence-electron chi connectivity index (χ4n) is 3.89. The molecule has 7 nitrogen and oxygen atoms in total. The van der Waals surface area contributed by atoms with Gasteiger partial charge < -0.3 is 24.5 Å². The first-order chi connectivity index (χ1) is 14.4. The van der Waals surface area contributed by atoms with Gasteiger partial charge in [0.2, 0.25) is 0 Å². The Hall–Kier alpha value is -2.48. The van der Waals surface area contributed by atoms with Crippen LogP contribution in [-0.2, 0) is 11.3 Å². The first-order valence-electron chi connectivity index (χ1n) is 10.4. The van der Waals surface area contributed by atoms with Crippen molar-refractivity contribution in [2.24, 2.45) is 0 Å². The second-order valence-electron chi connectivity index (χ2n) is 7.89. The summed E-state index contributed by atoms with van der Waals surface area (Å²) in [6.45, 7) is 14.1. The molecule has 1 fully saturated rings. The summed E-state index contributed by atoms with van der Waals surface area (Å²) in [7, 11) is 0. The van der Waals surface area contributed by atoms with Crippen molar-refractivity contribution in [2.75, 3.05) is 26.3 Å². The predicted octanol–water partition coefficient (Wildman–Crippen LogP) is 2.48. The molecule has 1 amide bonds. The van der Waals surface area contributed by atoms with Crippen LogP contribution in [0.2, 0.25) is 0 Å². The zero-order valence-electron chi connectivity index (χ0n) is 17.9. The van der Waals surface area contributed by atoms with Gasteiger partial charge in [-0.05, 0) is 38.3 Å². The molecule has 0 spiro atoms. The van der Waals surface area contributed by atoms with Crippen LogP contribution in [-0.4, -0.2) is 63.2 Å². The first-order valence-corrected chi connectivity index (χ1v) is 10.4. The fourth-order valence-corrected chi connectivity index (χ4v) is 3.89. The molecule has 0 aromatic carbocycles. The van der Waals surface area contributed by atoms with E-state index in [1.54, 1.807) is 17.1 Å². The first kappa shape index (κ1) is 22.2. The van der Waals surface area contributed by atoms with E-state index in [-0.39, 0.29) is 11.9 Å². The summed E-state index contributed by atoms with van der Waals surface area (Å²) < 4.78 is 7.34. The SMILES string of the molecule is C=CCC(O)(CC=C)C(C)NCc1c(C(=O)N2CCOCC2)nc2c(C)cccn12. The number of amides is 1. The number of aryl methyl sites for hydroxylation is 1. The molecule has 30 heavy (non-hydrogen) atoms. The number of pyridine rings is 1. The van der Waals surface area contributed by atoms with Crippen molar-refractivity contribution >= 4 is 11.6 Å². The number of aromatic nitrogens is 2. The largest absolute Gasteiger partial charge is 0.388 e. The Labute approximate surface area is 178 Å². The summed E-state index contributed by atoms with van der Waals surface area (Å²) >= 11 is 0. The number of aliphatic hydroxyl groups is 1. The normalized spacial score (nSPS) is 15.9. The lowest BCUT2D eigenvalue weighted by atomic mass is 9.88. The number of rotatable bonds is 9. The molecule has 1 atom stereocenters. The average molecular weight is 413 g/mol. The number of carbonyl (C=O) groups excluding carboxylic acids is 1. The van der Waals surface area contributed by atoms with Gasteiger partial charge in [0.05, 0.1) is 24.5 Å². The molecule has 7 heteroatoms. The topological polar surface area (TPSA) is 79.1 Å². The maximum Gasteiger partial charge on any atom is 0.274 e. The number of imidazole rings is 1. The number of nitrogens with one attached hydrogen (secondary N) is 1. The van der Waals surface area contributed by atoms with Crippen LogP contribution in [0.3, 0.4) is 0 Å². The molecule has 0 bridgehead atoms. The van der Waals surface area contributed by atoms with Crippen LogP contribution in [0.5, 0.6) is 0 Å². The number of nitrogens with zero attached hydrogens (tertiary/aromatic N) is 3. The zero-order valence-corrected chi connectivity index (χ0v) is 17.9. The molecule has 0 radical (unpaired) electrons. The minimum Gasteiger partial charge on any atom is -0.388 e. The summed E-state index contributed by atoms with van der Waals surface area (Å²) in [6, 6.07) is 3.69. The van der Waals surface area contributed by atoms with Crippen LogP contribution in [0.4, 0.5) is 0 Å². The Bertz CT molecular complexity index is 905. The van der Waals surface area contributed by atoms with Crippen molar-refractivity contribution in [2.45, 2.75) is 44.9 Å². The Morgan fingerprint density at radius 1 is 1.37 bits per heavy atom. The molecule has 3 rings (SSSR count). The summed E-state index contributed by atoms with van der Waals surface area (Å²) in [4.78, 5) is 19.7. The van der Waals surface area contributed by atoms with Crippen LogP contribution in [0, 0.1) is 6.92 Å². The third kappa shape index (κ3) is 4.48. The molecule has 2 N–H and O–H groups in total. The molecule has 0 saturated carbocycles. The quantitative estimate of drug-likeness (QED) is 0.619. The molecule has 1 aliphatic rings. The highest BCUT2D eigenvalue weighted by atomic mass is 16.5. The van der Waals surface area contributed by atoms with Crippen LogP contribution in [0.1, 0.15) is 41.5 Å². The van der Waals surface area contributed by atoms with Gasteiger partial charge in [0.15, 0.2) is 5.69 Å².